The fraction of sp³-hybridized carbons (Fsp3) is 1.00. The van der Waals surface area contributed by atoms with Gasteiger partial charge in [-0.1, -0.05) is 19.3 Å². The smallest absolute Gasteiger partial charge is 0.0212 e. The molecule has 0 aromatic heterocycles. The van der Waals surface area contributed by atoms with E-state index in [0.29, 0.717) is 0 Å². The molecule has 2 unspecified atom stereocenters. The van der Waals surface area contributed by atoms with Gasteiger partial charge in [-0.25, -0.2) is 0 Å². The first kappa shape index (κ1) is 12.4. The molecule has 1 heterocycles. The summed E-state index contributed by atoms with van der Waals surface area (Å²) in [7, 11) is 2.25. The molecule has 1 saturated carbocycles. The minimum absolute atomic E-state index is 0.726. The van der Waals surface area contributed by atoms with Crippen molar-refractivity contribution in [1.29, 1.82) is 0 Å². The van der Waals surface area contributed by atoms with Crippen LogP contribution in [0.25, 0.3) is 0 Å². The quantitative estimate of drug-likeness (QED) is 0.793. The summed E-state index contributed by atoms with van der Waals surface area (Å²) < 4.78 is 0. The predicted molar refractivity (Wildman–Crippen MR) is 69.7 cm³/mol. The van der Waals surface area contributed by atoms with Crippen LogP contribution in [-0.4, -0.2) is 36.6 Å². The lowest BCUT2D eigenvalue weighted by Crippen LogP contribution is -2.42. The van der Waals surface area contributed by atoms with E-state index in [0.717, 1.165) is 24.0 Å². The van der Waals surface area contributed by atoms with Crippen LogP contribution in [0, 0.1) is 5.92 Å². The molecular formula is C14H28N2. The zero-order valence-electron chi connectivity index (χ0n) is 11.2. The maximum atomic E-state index is 3.87. The van der Waals surface area contributed by atoms with E-state index in [4.69, 9.17) is 0 Å². The molecule has 0 radical (unpaired) electrons. The zero-order valence-corrected chi connectivity index (χ0v) is 11.2. The molecule has 1 N–H and O–H groups in total. The second-order valence-electron chi connectivity index (χ2n) is 6.07. The van der Waals surface area contributed by atoms with Crippen LogP contribution in [0.2, 0.25) is 0 Å². The van der Waals surface area contributed by atoms with Crippen molar-refractivity contribution in [1.82, 2.24) is 10.2 Å². The summed E-state index contributed by atoms with van der Waals surface area (Å²) in [5, 5.41) is 3.87. The van der Waals surface area contributed by atoms with Gasteiger partial charge >= 0.3 is 0 Å². The fourth-order valence-electron chi connectivity index (χ4n) is 3.46. The van der Waals surface area contributed by atoms with Gasteiger partial charge in [0, 0.05) is 24.7 Å². The minimum atomic E-state index is 0.726. The van der Waals surface area contributed by atoms with Crippen LogP contribution in [0.15, 0.2) is 0 Å². The first-order valence-electron chi connectivity index (χ1n) is 7.13. The van der Waals surface area contributed by atoms with Crippen molar-refractivity contribution in [3.63, 3.8) is 0 Å². The first-order chi connectivity index (χ1) is 7.66. The SMILES string of the molecule is CC1CC(N[C@H](C)C2CCCCC2)CN1C. The molecule has 2 rings (SSSR count). The van der Waals surface area contributed by atoms with Crippen molar-refractivity contribution in [3.8, 4) is 0 Å². The molecule has 1 saturated heterocycles. The van der Waals surface area contributed by atoms with Gasteiger partial charge in [-0.15, -0.1) is 0 Å². The molecule has 0 aromatic rings. The number of nitrogens with zero attached hydrogens (tertiary/aromatic N) is 1. The molecule has 0 aromatic carbocycles. The summed E-state index contributed by atoms with van der Waals surface area (Å²) in [6, 6.07) is 2.22. The van der Waals surface area contributed by atoms with Crippen molar-refractivity contribution >= 4 is 0 Å². The molecule has 1 aliphatic carbocycles. The summed E-state index contributed by atoms with van der Waals surface area (Å²) >= 11 is 0. The summed E-state index contributed by atoms with van der Waals surface area (Å²) in [4.78, 5) is 2.48. The number of nitrogens with one attached hydrogen (secondary N) is 1. The van der Waals surface area contributed by atoms with Crippen molar-refractivity contribution in [3.05, 3.63) is 0 Å². The second-order valence-corrected chi connectivity index (χ2v) is 6.07. The molecule has 16 heavy (non-hydrogen) atoms. The Labute approximate surface area is 101 Å². The summed E-state index contributed by atoms with van der Waals surface area (Å²) in [5.74, 6) is 0.940. The van der Waals surface area contributed by atoms with E-state index in [1.54, 1.807) is 0 Å². The van der Waals surface area contributed by atoms with E-state index in [2.05, 4.69) is 31.1 Å². The van der Waals surface area contributed by atoms with Crippen molar-refractivity contribution < 1.29 is 0 Å². The Balaban J connectivity index is 1.76. The maximum absolute atomic E-state index is 3.87. The Morgan fingerprint density at radius 3 is 2.44 bits per heavy atom. The number of hydrogen-bond donors (Lipinski definition) is 1. The number of hydrogen-bond acceptors (Lipinski definition) is 2. The van der Waals surface area contributed by atoms with Crippen LogP contribution in [0.3, 0.4) is 0 Å². The molecular weight excluding hydrogens is 196 g/mol. The van der Waals surface area contributed by atoms with E-state index >= 15 is 0 Å². The van der Waals surface area contributed by atoms with Gasteiger partial charge in [0.2, 0.25) is 0 Å². The molecule has 2 heteroatoms. The van der Waals surface area contributed by atoms with Crippen LogP contribution in [0.1, 0.15) is 52.4 Å². The molecule has 0 bridgehead atoms. The normalized spacial score (nSPS) is 35.4. The molecule has 94 valence electrons. The molecule has 3 atom stereocenters. The maximum Gasteiger partial charge on any atom is 0.0212 e. The van der Waals surface area contributed by atoms with Gasteiger partial charge in [-0.2, -0.15) is 0 Å². The largest absolute Gasteiger partial charge is 0.310 e. The van der Waals surface area contributed by atoms with Gasteiger partial charge in [0.15, 0.2) is 0 Å². The topological polar surface area (TPSA) is 15.3 Å². The van der Waals surface area contributed by atoms with Gasteiger partial charge in [0.05, 0.1) is 0 Å². The highest BCUT2D eigenvalue weighted by Crippen LogP contribution is 2.27. The lowest BCUT2D eigenvalue weighted by atomic mass is 9.84. The highest BCUT2D eigenvalue weighted by atomic mass is 15.2. The van der Waals surface area contributed by atoms with Crippen LogP contribution < -0.4 is 5.32 Å². The Morgan fingerprint density at radius 1 is 1.19 bits per heavy atom. The van der Waals surface area contributed by atoms with E-state index < -0.39 is 0 Å². The monoisotopic (exact) mass is 224 g/mol. The van der Waals surface area contributed by atoms with Gasteiger partial charge in [0.1, 0.15) is 0 Å². The van der Waals surface area contributed by atoms with E-state index in [-0.39, 0.29) is 0 Å². The zero-order chi connectivity index (χ0) is 11.5. The Bertz CT molecular complexity index is 201. The van der Waals surface area contributed by atoms with Gasteiger partial charge < -0.3 is 10.2 Å². The Kier molecular flexibility index (Phi) is 4.26. The number of rotatable bonds is 3. The lowest BCUT2D eigenvalue weighted by molar-refractivity contribution is 0.262. The van der Waals surface area contributed by atoms with E-state index in [9.17, 15) is 0 Å². The summed E-state index contributed by atoms with van der Waals surface area (Å²) in [5.41, 5.74) is 0. The molecule has 0 spiro atoms. The van der Waals surface area contributed by atoms with Crippen molar-refractivity contribution in [2.24, 2.45) is 5.92 Å². The summed E-state index contributed by atoms with van der Waals surface area (Å²) in [6.07, 6.45) is 8.61. The lowest BCUT2D eigenvalue weighted by Gasteiger charge is -2.30. The minimum Gasteiger partial charge on any atom is -0.310 e. The van der Waals surface area contributed by atoms with Crippen molar-refractivity contribution in [2.75, 3.05) is 13.6 Å². The third-order valence-corrected chi connectivity index (χ3v) is 4.74. The van der Waals surface area contributed by atoms with Crippen LogP contribution >= 0.6 is 0 Å². The average molecular weight is 224 g/mol. The third-order valence-electron chi connectivity index (χ3n) is 4.74. The van der Waals surface area contributed by atoms with E-state index in [1.165, 1.54) is 45.1 Å². The molecule has 2 nitrogen and oxygen atoms in total. The Hall–Kier alpha value is -0.0800. The second kappa shape index (κ2) is 5.50. The predicted octanol–water partition coefficient (Wildman–Crippen LogP) is 2.64. The standard InChI is InChI=1S/C14H28N2/c1-11-9-14(10-16(11)3)15-12(2)13-7-5-4-6-8-13/h11-15H,4-10H2,1-3H3/t11?,12-,14?/m1/s1. The number of likely N-dealkylation sites (N-methyl/N-ethyl adjacent to an activating group) is 1. The van der Waals surface area contributed by atoms with Gasteiger partial charge in [-0.3, -0.25) is 0 Å². The van der Waals surface area contributed by atoms with Crippen molar-refractivity contribution in [2.45, 2.75) is 70.5 Å². The highest BCUT2D eigenvalue weighted by Gasteiger charge is 2.29. The molecule has 1 aliphatic heterocycles. The van der Waals surface area contributed by atoms with Crippen LogP contribution in [0.5, 0.6) is 0 Å². The molecule has 2 aliphatic rings. The Morgan fingerprint density at radius 2 is 1.88 bits per heavy atom. The van der Waals surface area contributed by atoms with Crippen LogP contribution in [0.4, 0.5) is 0 Å². The average Bonchev–Trinajstić information content (AvgIpc) is 2.59. The van der Waals surface area contributed by atoms with Crippen LogP contribution in [-0.2, 0) is 0 Å². The first-order valence-corrected chi connectivity index (χ1v) is 7.13. The third kappa shape index (κ3) is 2.98. The number of likely N-dealkylation sites (tertiary alicyclic amines) is 1. The molecule has 0 amide bonds. The van der Waals surface area contributed by atoms with E-state index in [1.807, 2.05) is 0 Å². The summed E-state index contributed by atoms with van der Waals surface area (Å²) in [6.45, 7) is 5.98. The van der Waals surface area contributed by atoms with Gasteiger partial charge in [-0.05, 0) is 46.1 Å². The molecule has 2 fully saturated rings. The fourth-order valence-corrected chi connectivity index (χ4v) is 3.46. The van der Waals surface area contributed by atoms with Gasteiger partial charge in [0.25, 0.3) is 0 Å². The highest BCUT2D eigenvalue weighted by molar-refractivity contribution is 4.88.